The second-order valence-corrected chi connectivity index (χ2v) is 11.1. The fourth-order valence-corrected chi connectivity index (χ4v) is 4.39. The van der Waals surface area contributed by atoms with Crippen LogP contribution < -0.4 is 10.6 Å². The molecule has 2 unspecified atom stereocenters. The maximum absolute atomic E-state index is 14.3. The minimum absolute atomic E-state index is 0.211. The monoisotopic (exact) mass is 537 g/mol. The number of nitrogens with zero attached hydrogens (tertiary/aromatic N) is 1. The van der Waals surface area contributed by atoms with E-state index < -0.39 is 23.8 Å². The first-order valence-corrected chi connectivity index (χ1v) is 14.2. The van der Waals surface area contributed by atoms with Crippen LogP contribution >= 0.6 is 0 Å². The maximum Gasteiger partial charge on any atom is 0.408 e. The largest absolute Gasteiger partial charge is 0.444 e. The first-order chi connectivity index (χ1) is 18.6. The van der Waals surface area contributed by atoms with E-state index in [-0.39, 0.29) is 18.2 Å². The van der Waals surface area contributed by atoms with Gasteiger partial charge in [-0.25, -0.2) is 4.79 Å². The highest BCUT2D eigenvalue weighted by molar-refractivity contribution is 5.92. The average Bonchev–Trinajstić information content (AvgIpc) is 2.87. The van der Waals surface area contributed by atoms with Crippen molar-refractivity contribution < 1.29 is 19.1 Å². The molecule has 0 bridgehead atoms. The van der Waals surface area contributed by atoms with Crippen LogP contribution in [0.25, 0.3) is 0 Å². The molecule has 2 aromatic carbocycles. The number of aryl methyl sites for hydroxylation is 1. The van der Waals surface area contributed by atoms with E-state index in [1.165, 1.54) is 0 Å². The van der Waals surface area contributed by atoms with Crippen molar-refractivity contribution in [1.29, 1.82) is 0 Å². The van der Waals surface area contributed by atoms with Crippen molar-refractivity contribution in [1.82, 2.24) is 15.5 Å². The summed E-state index contributed by atoms with van der Waals surface area (Å²) < 4.78 is 5.50. The summed E-state index contributed by atoms with van der Waals surface area (Å²) in [5.74, 6) is -0.523. The number of amides is 3. The molecule has 214 valence electrons. The highest BCUT2D eigenvalue weighted by Gasteiger charge is 2.36. The molecule has 3 amide bonds. The molecule has 0 aliphatic rings. The van der Waals surface area contributed by atoms with Gasteiger partial charge in [-0.3, -0.25) is 9.59 Å². The SMILES string of the molecule is CCCCCNC(=O)C(c1cccc(C)c1)N(CCCC)C(=O)C(Cc1ccccc1)NC(=O)OC(C)(C)C. The third kappa shape index (κ3) is 11.1. The Balaban J connectivity index is 2.48. The minimum Gasteiger partial charge on any atom is -0.444 e. The summed E-state index contributed by atoms with van der Waals surface area (Å²) in [6, 6.07) is 15.6. The summed E-state index contributed by atoms with van der Waals surface area (Å²) in [4.78, 5) is 42.5. The molecule has 0 aliphatic carbocycles. The number of alkyl carbamates (subject to hydrolysis) is 1. The molecule has 0 heterocycles. The Bertz CT molecular complexity index is 1050. The lowest BCUT2D eigenvalue weighted by atomic mass is 9.98. The quantitative estimate of drug-likeness (QED) is 0.285. The predicted octanol–water partition coefficient (Wildman–Crippen LogP) is 6.11. The van der Waals surface area contributed by atoms with Crippen molar-refractivity contribution >= 4 is 17.9 Å². The zero-order valence-electron chi connectivity index (χ0n) is 24.6. The Kier molecular flexibility index (Phi) is 13.0. The summed E-state index contributed by atoms with van der Waals surface area (Å²) in [6.45, 7) is 12.4. The lowest BCUT2D eigenvalue weighted by molar-refractivity contribution is -0.142. The van der Waals surface area contributed by atoms with E-state index >= 15 is 0 Å². The molecule has 0 spiro atoms. The maximum atomic E-state index is 14.3. The van der Waals surface area contributed by atoms with Crippen LogP contribution in [-0.4, -0.2) is 47.5 Å². The lowest BCUT2D eigenvalue weighted by Gasteiger charge is -2.34. The topological polar surface area (TPSA) is 87.7 Å². The number of rotatable bonds is 14. The number of benzene rings is 2. The molecule has 2 rings (SSSR count). The Morgan fingerprint density at radius 1 is 0.923 bits per heavy atom. The average molecular weight is 538 g/mol. The molecule has 0 aromatic heterocycles. The van der Waals surface area contributed by atoms with E-state index in [1.54, 1.807) is 25.7 Å². The van der Waals surface area contributed by atoms with Crippen molar-refractivity contribution in [2.75, 3.05) is 13.1 Å². The highest BCUT2D eigenvalue weighted by atomic mass is 16.6. The summed E-state index contributed by atoms with van der Waals surface area (Å²) >= 11 is 0. The number of nitrogens with one attached hydrogen (secondary N) is 2. The fourth-order valence-electron chi connectivity index (χ4n) is 4.39. The smallest absolute Gasteiger partial charge is 0.408 e. The number of unbranched alkanes of at least 4 members (excludes halogenated alkanes) is 3. The van der Waals surface area contributed by atoms with Gasteiger partial charge in [-0.2, -0.15) is 0 Å². The van der Waals surface area contributed by atoms with Gasteiger partial charge in [-0.1, -0.05) is 93.3 Å². The van der Waals surface area contributed by atoms with Crippen LogP contribution in [0.3, 0.4) is 0 Å². The molecule has 2 atom stereocenters. The molecule has 7 nitrogen and oxygen atoms in total. The Hall–Kier alpha value is -3.35. The molecule has 39 heavy (non-hydrogen) atoms. The van der Waals surface area contributed by atoms with E-state index in [0.29, 0.717) is 13.1 Å². The van der Waals surface area contributed by atoms with Crippen molar-refractivity contribution in [3.8, 4) is 0 Å². The standard InChI is InChI=1S/C32H47N3O4/c1-7-9-14-20-33-29(36)28(26-19-15-16-24(3)22-26)35(21-10-8-2)30(37)27(23-25-17-12-11-13-18-25)34-31(38)39-32(4,5)6/h11-13,15-19,22,27-28H,7-10,14,20-21,23H2,1-6H3,(H,33,36)(H,34,38). The number of carbonyl (C=O) groups is 3. The summed E-state index contributed by atoms with van der Waals surface area (Å²) in [6.07, 6.45) is 4.14. The van der Waals surface area contributed by atoms with Gasteiger partial charge in [0.25, 0.3) is 0 Å². The van der Waals surface area contributed by atoms with Gasteiger partial charge >= 0.3 is 6.09 Å². The van der Waals surface area contributed by atoms with Gasteiger partial charge in [0.2, 0.25) is 11.8 Å². The fraction of sp³-hybridized carbons (Fsp3) is 0.531. The molecule has 0 aliphatic heterocycles. The van der Waals surface area contributed by atoms with E-state index in [1.807, 2.05) is 61.5 Å². The number of carbonyl (C=O) groups excluding carboxylic acids is 3. The molecule has 2 aromatic rings. The highest BCUT2D eigenvalue weighted by Crippen LogP contribution is 2.25. The van der Waals surface area contributed by atoms with Gasteiger partial charge in [0, 0.05) is 19.5 Å². The zero-order valence-corrected chi connectivity index (χ0v) is 24.6. The van der Waals surface area contributed by atoms with Gasteiger partial charge in [0.1, 0.15) is 17.7 Å². The first-order valence-electron chi connectivity index (χ1n) is 14.2. The number of hydrogen-bond donors (Lipinski definition) is 2. The Morgan fingerprint density at radius 2 is 1.62 bits per heavy atom. The van der Waals surface area contributed by atoms with Crippen LogP contribution in [0.4, 0.5) is 4.79 Å². The number of hydrogen-bond acceptors (Lipinski definition) is 4. The van der Waals surface area contributed by atoms with Gasteiger partial charge in [-0.05, 0) is 51.7 Å². The molecule has 0 radical (unpaired) electrons. The van der Waals surface area contributed by atoms with Crippen LogP contribution in [0.1, 0.15) is 89.5 Å². The van der Waals surface area contributed by atoms with Gasteiger partial charge in [0.05, 0.1) is 0 Å². The minimum atomic E-state index is -0.903. The van der Waals surface area contributed by atoms with E-state index in [9.17, 15) is 14.4 Å². The molecule has 2 N–H and O–H groups in total. The molecular weight excluding hydrogens is 490 g/mol. The van der Waals surface area contributed by atoms with Crippen LogP contribution in [0, 0.1) is 6.92 Å². The Morgan fingerprint density at radius 3 is 2.23 bits per heavy atom. The van der Waals surface area contributed by atoms with Crippen LogP contribution in [0.15, 0.2) is 54.6 Å². The molecule has 0 fully saturated rings. The van der Waals surface area contributed by atoms with E-state index in [2.05, 4.69) is 24.5 Å². The molecular formula is C32H47N3O4. The number of ether oxygens (including phenoxy) is 1. The lowest BCUT2D eigenvalue weighted by Crippen LogP contribution is -2.54. The van der Waals surface area contributed by atoms with E-state index in [0.717, 1.165) is 48.8 Å². The first kappa shape index (κ1) is 31.9. The van der Waals surface area contributed by atoms with Gasteiger partial charge in [0.15, 0.2) is 0 Å². The summed E-state index contributed by atoms with van der Waals surface area (Å²) in [5, 5.41) is 5.87. The summed E-state index contributed by atoms with van der Waals surface area (Å²) in [7, 11) is 0. The van der Waals surface area contributed by atoms with Crippen LogP contribution in [0.2, 0.25) is 0 Å². The van der Waals surface area contributed by atoms with Crippen molar-refractivity contribution in [3.05, 3.63) is 71.3 Å². The second kappa shape index (κ2) is 15.9. The molecule has 0 saturated heterocycles. The van der Waals surface area contributed by atoms with Gasteiger partial charge < -0.3 is 20.3 Å². The third-order valence-electron chi connectivity index (χ3n) is 6.30. The molecule has 0 saturated carbocycles. The van der Waals surface area contributed by atoms with Crippen molar-refractivity contribution in [3.63, 3.8) is 0 Å². The van der Waals surface area contributed by atoms with Crippen molar-refractivity contribution in [2.45, 2.75) is 97.8 Å². The molecule has 7 heteroatoms. The van der Waals surface area contributed by atoms with E-state index in [4.69, 9.17) is 4.74 Å². The zero-order chi connectivity index (χ0) is 28.8. The Labute approximate surface area is 234 Å². The predicted molar refractivity (Wildman–Crippen MR) is 156 cm³/mol. The van der Waals surface area contributed by atoms with Gasteiger partial charge in [-0.15, -0.1) is 0 Å². The van der Waals surface area contributed by atoms with Crippen molar-refractivity contribution in [2.24, 2.45) is 0 Å². The summed E-state index contributed by atoms with van der Waals surface area (Å²) in [5.41, 5.74) is 1.95. The van der Waals surface area contributed by atoms with Crippen LogP contribution in [-0.2, 0) is 20.7 Å². The third-order valence-corrected chi connectivity index (χ3v) is 6.30. The second-order valence-electron chi connectivity index (χ2n) is 11.1. The normalized spacial score (nSPS) is 12.8. The van der Waals surface area contributed by atoms with Crippen LogP contribution in [0.5, 0.6) is 0 Å².